The van der Waals surface area contributed by atoms with E-state index in [4.69, 9.17) is 0 Å². The predicted octanol–water partition coefficient (Wildman–Crippen LogP) is -0.114. The minimum atomic E-state index is -0.354. The second-order valence-corrected chi connectivity index (χ2v) is 5.18. The van der Waals surface area contributed by atoms with Gasteiger partial charge in [0.25, 0.3) is 5.91 Å². The molecule has 3 rings (SSSR count). The second kappa shape index (κ2) is 4.33. The van der Waals surface area contributed by atoms with Crippen LogP contribution in [0.1, 0.15) is 21.5 Å². The lowest BCUT2D eigenvalue weighted by atomic mass is 9.96. The number of hydrogen-bond acceptors (Lipinski definition) is 4. The standard InChI is InChI=1S/C13H17N3O2/c1-15-3-2-11-9(6-15)4-14-5-12(11)13(18)16-7-10(17)8-16/h4-5,10,17H,2-3,6-8H2,1H3. The second-order valence-electron chi connectivity index (χ2n) is 5.18. The Hall–Kier alpha value is -1.46. The molecule has 1 aromatic rings. The van der Waals surface area contributed by atoms with Crippen molar-refractivity contribution >= 4 is 5.91 Å². The number of β-amino-alcohol motifs (C(OH)–C–C–N with tert-alkyl or cyclic N) is 1. The van der Waals surface area contributed by atoms with Crippen molar-refractivity contribution in [2.75, 3.05) is 26.7 Å². The van der Waals surface area contributed by atoms with Crippen molar-refractivity contribution in [3.05, 3.63) is 29.1 Å². The van der Waals surface area contributed by atoms with Gasteiger partial charge in [-0.3, -0.25) is 9.78 Å². The molecule has 1 fully saturated rings. The normalized spacial score (nSPS) is 20.4. The number of fused-ring (bicyclic) bond motifs is 1. The van der Waals surface area contributed by atoms with Gasteiger partial charge < -0.3 is 14.9 Å². The van der Waals surface area contributed by atoms with Crippen molar-refractivity contribution in [1.82, 2.24) is 14.8 Å². The molecule has 2 aliphatic rings. The Morgan fingerprint density at radius 1 is 1.44 bits per heavy atom. The molecule has 0 spiro atoms. The van der Waals surface area contributed by atoms with Crippen LogP contribution in [0.25, 0.3) is 0 Å². The Bertz CT molecular complexity index is 483. The van der Waals surface area contributed by atoms with E-state index in [9.17, 15) is 9.90 Å². The number of amides is 1. The van der Waals surface area contributed by atoms with Crippen LogP contribution in [0.3, 0.4) is 0 Å². The number of likely N-dealkylation sites (N-methyl/N-ethyl adjacent to an activating group) is 1. The number of aliphatic hydroxyl groups excluding tert-OH is 1. The van der Waals surface area contributed by atoms with Gasteiger partial charge in [-0.2, -0.15) is 0 Å². The molecule has 0 radical (unpaired) electrons. The number of rotatable bonds is 1. The molecule has 1 N–H and O–H groups in total. The zero-order valence-electron chi connectivity index (χ0n) is 10.5. The average Bonchev–Trinajstić information content (AvgIpc) is 2.33. The zero-order valence-corrected chi connectivity index (χ0v) is 10.5. The van der Waals surface area contributed by atoms with Gasteiger partial charge in [0, 0.05) is 38.6 Å². The fourth-order valence-corrected chi connectivity index (χ4v) is 2.61. The van der Waals surface area contributed by atoms with E-state index in [2.05, 4.69) is 16.9 Å². The van der Waals surface area contributed by atoms with Gasteiger partial charge in [0.05, 0.1) is 11.7 Å². The SMILES string of the molecule is CN1CCc2c(cncc2C(=O)N2CC(O)C2)C1. The fraction of sp³-hybridized carbons (Fsp3) is 0.538. The van der Waals surface area contributed by atoms with Gasteiger partial charge in [-0.05, 0) is 24.6 Å². The van der Waals surface area contributed by atoms with E-state index in [1.807, 2.05) is 6.20 Å². The summed E-state index contributed by atoms with van der Waals surface area (Å²) in [6.07, 6.45) is 4.06. The molecule has 1 aromatic heterocycles. The molecule has 2 aliphatic heterocycles. The van der Waals surface area contributed by atoms with Crippen LogP contribution >= 0.6 is 0 Å². The highest BCUT2D eigenvalue weighted by atomic mass is 16.3. The van der Waals surface area contributed by atoms with Crippen LogP contribution in [-0.4, -0.2) is 58.6 Å². The summed E-state index contributed by atoms with van der Waals surface area (Å²) in [4.78, 5) is 20.4. The van der Waals surface area contributed by atoms with Crippen LogP contribution in [0.15, 0.2) is 12.4 Å². The van der Waals surface area contributed by atoms with Crippen LogP contribution in [0.2, 0.25) is 0 Å². The third kappa shape index (κ3) is 1.89. The number of aliphatic hydroxyl groups is 1. The molecule has 0 aromatic carbocycles. The first-order valence-corrected chi connectivity index (χ1v) is 6.27. The number of likely N-dealkylation sites (tertiary alicyclic amines) is 1. The van der Waals surface area contributed by atoms with Gasteiger partial charge in [0.1, 0.15) is 0 Å². The molecule has 5 heteroatoms. The molecule has 1 saturated heterocycles. The summed E-state index contributed by atoms with van der Waals surface area (Å²) >= 11 is 0. The van der Waals surface area contributed by atoms with E-state index >= 15 is 0 Å². The van der Waals surface area contributed by atoms with Crippen molar-refractivity contribution in [3.8, 4) is 0 Å². The van der Waals surface area contributed by atoms with E-state index in [1.165, 1.54) is 0 Å². The van der Waals surface area contributed by atoms with E-state index in [0.29, 0.717) is 18.7 Å². The van der Waals surface area contributed by atoms with Gasteiger partial charge in [0.15, 0.2) is 0 Å². The summed E-state index contributed by atoms with van der Waals surface area (Å²) in [5, 5.41) is 9.27. The molecule has 0 saturated carbocycles. The number of carbonyl (C=O) groups excluding carboxylic acids is 1. The molecule has 0 atom stereocenters. The van der Waals surface area contributed by atoms with Gasteiger partial charge in [-0.1, -0.05) is 0 Å². The quantitative estimate of drug-likeness (QED) is 0.752. The average molecular weight is 247 g/mol. The van der Waals surface area contributed by atoms with Crippen molar-refractivity contribution < 1.29 is 9.90 Å². The third-order valence-electron chi connectivity index (χ3n) is 3.71. The smallest absolute Gasteiger partial charge is 0.255 e. The number of aromatic nitrogens is 1. The van der Waals surface area contributed by atoms with Crippen LogP contribution in [0, 0.1) is 0 Å². The van der Waals surface area contributed by atoms with Crippen LogP contribution in [0.4, 0.5) is 0 Å². The van der Waals surface area contributed by atoms with E-state index in [1.54, 1.807) is 11.1 Å². The minimum absolute atomic E-state index is 0.00852. The maximum Gasteiger partial charge on any atom is 0.255 e. The molecular formula is C13H17N3O2. The summed E-state index contributed by atoms with van der Waals surface area (Å²) in [6.45, 7) is 2.72. The summed E-state index contributed by atoms with van der Waals surface area (Å²) in [5.74, 6) is 0.00852. The molecule has 5 nitrogen and oxygen atoms in total. The highest BCUT2D eigenvalue weighted by molar-refractivity contribution is 5.96. The maximum atomic E-state index is 12.3. The third-order valence-corrected chi connectivity index (χ3v) is 3.71. The van der Waals surface area contributed by atoms with Crippen LogP contribution in [-0.2, 0) is 13.0 Å². The molecule has 0 aliphatic carbocycles. The van der Waals surface area contributed by atoms with Crippen LogP contribution in [0.5, 0.6) is 0 Å². The molecule has 0 unspecified atom stereocenters. The summed E-state index contributed by atoms with van der Waals surface area (Å²) < 4.78 is 0. The van der Waals surface area contributed by atoms with Crippen LogP contribution < -0.4 is 0 Å². The first-order valence-electron chi connectivity index (χ1n) is 6.27. The Labute approximate surface area is 106 Å². The topological polar surface area (TPSA) is 56.7 Å². The van der Waals surface area contributed by atoms with E-state index < -0.39 is 0 Å². The highest BCUT2D eigenvalue weighted by Crippen LogP contribution is 2.23. The molecule has 1 amide bonds. The number of pyridine rings is 1. The van der Waals surface area contributed by atoms with E-state index in [-0.39, 0.29) is 12.0 Å². The largest absolute Gasteiger partial charge is 0.389 e. The molecule has 18 heavy (non-hydrogen) atoms. The summed E-state index contributed by atoms with van der Waals surface area (Å²) in [5.41, 5.74) is 3.00. The number of nitrogens with zero attached hydrogens (tertiary/aromatic N) is 3. The molecule has 96 valence electrons. The predicted molar refractivity (Wildman–Crippen MR) is 66.2 cm³/mol. The number of hydrogen-bond donors (Lipinski definition) is 1. The van der Waals surface area contributed by atoms with Crippen molar-refractivity contribution in [1.29, 1.82) is 0 Å². The molecule has 0 bridgehead atoms. The lowest BCUT2D eigenvalue weighted by Crippen LogP contribution is -2.53. The lowest BCUT2D eigenvalue weighted by Gasteiger charge is -2.36. The van der Waals surface area contributed by atoms with Gasteiger partial charge >= 0.3 is 0 Å². The zero-order chi connectivity index (χ0) is 12.7. The molecular weight excluding hydrogens is 230 g/mol. The Morgan fingerprint density at radius 2 is 2.22 bits per heavy atom. The Kier molecular flexibility index (Phi) is 2.80. The first-order chi connectivity index (χ1) is 8.65. The first kappa shape index (κ1) is 11.6. The highest BCUT2D eigenvalue weighted by Gasteiger charge is 2.31. The van der Waals surface area contributed by atoms with E-state index in [0.717, 1.165) is 30.6 Å². The monoisotopic (exact) mass is 247 g/mol. The maximum absolute atomic E-state index is 12.3. The summed E-state index contributed by atoms with van der Waals surface area (Å²) in [6, 6.07) is 0. The molecule has 3 heterocycles. The van der Waals surface area contributed by atoms with Crippen molar-refractivity contribution in [2.45, 2.75) is 19.1 Å². The van der Waals surface area contributed by atoms with Gasteiger partial charge in [-0.15, -0.1) is 0 Å². The number of carbonyl (C=O) groups is 1. The van der Waals surface area contributed by atoms with Gasteiger partial charge in [0.2, 0.25) is 0 Å². The minimum Gasteiger partial charge on any atom is -0.389 e. The van der Waals surface area contributed by atoms with Gasteiger partial charge in [-0.25, -0.2) is 0 Å². The Balaban J connectivity index is 1.88. The lowest BCUT2D eigenvalue weighted by molar-refractivity contribution is 0.00575. The summed E-state index contributed by atoms with van der Waals surface area (Å²) in [7, 11) is 2.07. The fourth-order valence-electron chi connectivity index (χ4n) is 2.61. The Morgan fingerprint density at radius 3 is 2.94 bits per heavy atom. The van der Waals surface area contributed by atoms with Crippen molar-refractivity contribution in [3.63, 3.8) is 0 Å². The van der Waals surface area contributed by atoms with Crippen molar-refractivity contribution in [2.24, 2.45) is 0 Å².